The van der Waals surface area contributed by atoms with Gasteiger partial charge in [0, 0.05) is 29.1 Å². The predicted molar refractivity (Wildman–Crippen MR) is 105 cm³/mol. The van der Waals surface area contributed by atoms with Crippen LogP contribution in [0.5, 0.6) is 0 Å². The summed E-state index contributed by atoms with van der Waals surface area (Å²) in [7, 11) is 0. The average molecular weight is 382 g/mol. The van der Waals surface area contributed by atoms with Gasteiger partial charge in [-0.15, -0.1) is 0 Å². The number of hydrogen-bond acceptors (Lipinski definition) is 4. The van der Waals surface area contributed by atoms with Gasteiger partial charge < -0.3 is 14.8 Å². The molecule has 0 spiro atoms. The molecule has 138 valence electrons. The number of halogens is 1. The Morgan fingerprint density at radius 1 is 1.30 bits per heavy atom. The van der Waals surface area contributed by atoms with Gasteiger partial charge in [0.1, 0.15) is 17.1 Å². The Hall–Kier alpha value is -2.68. The Morgan fingerprint density at radius 3 is 3.04 bits per heavy atom. The lowest BCUT2D eigenvalue weighted by molar-refractivity contribution is 0.0561. The van der Waals surface area contributed by atoms with E-state index in [9.17, 15) is 5.11 Å². The number of aromatic nitrogens is 2. The molecule has 0 amide bonds. The fourth-order valence-corrected chi connectivity index (χ4v) is 3.60. The molecule has 0 saturated heterocycles. The Morgan fingerprint density at radius 2 is 2.22 bits per heavy atom. The molecule has 4 rings (SSSR count). The molecule has 0 aliphatic heterocycles. The summed E-state index contributed by atoms with van der Waals surface area (Å²) in [6.07, 6.45) is 4.70. The highest BCUT2D eigenvalue weighted by atomic mass is 35.5. The third-order valence-corrected chi connectivity index (χ3v) is 4.94. The zero-order chi connectivity index (χ0) is 18.7. The average Bonchev–Trinajstić information content (AvgIpc) is 3.32. The Bertz CT molecular complexity index is 971. The number of anilines is 1. The monoisotopic (exact) mass is 381 g/mol. The van der Waals surface area contributed by atoms with Crippen molar-refractivity contribution in [2.24, 2.45) is 0 Å². The van der Waals surface area contributed by atoms with Crippen molar-refractivity contribution < 1.29 is 9.52 Å². The topological polar surface area (TPSA) is 74.1 Å². The SMILES string of the molecule is O[C@]1(C#Cc2cccc(Cl)c2)CCC[C@@H](Nc2cc(-c3ccco3)[nH]n2)C1. The van der Waals surface area contributed by atoms with Crippen LogP contribution in [0.3, 0.4) is 0 Å². The lowest BCUT2D eigenvalue weighted by Crippen LogP contribution is -2.39. The van der Waals surface area contributed by atoms with Crippen LogP contribution in [0.4, 0.5) is 5.82 Å². The summed E-state index contributed by atoms with van der Waals surface area (Å²) in [6.45, 7) is 0. The molecule has 2 atom stereocenters. The van der Waals surface area contributed by atoms with Crippen molar-refractivity contribution in [2.45, 2.75) is 37.3 Å². The van der Waals surface area contributed by atoms with Crippen LogP contribution < -0.4 is 5.32 Å². The van der Waals surface area contributed by atoms with Crippen LogP contribution in [-0.2, 0) is 0 Å². The number of rotatable bonds is 3. The van der Waals surface area contributed by atoms with Crippen LogP contribution in [0, 0.1) is 11.8 Å². The summed E-state index contributed by atoms with van der Waals surface area (Å²) in [4.78, 5) is 0. The van der Waals surface area contributed by atoms with Gasteiger partial charge in [-0.2, -0.15) is 5.10 Å². The molecule has 3 N–H and O–H groups in total. The van der Waals surface area contributed by atoms with Crippen molar-refractivity contribution in [1.82, 2.24) is 10.2 Å². The highest BCUT2D eigenvalue weighted by Crippen LogP contribution is 2.30. The number of nitrogens with zero attached hydrogens (tertiary/aromatic N) is 1. The molecular weight excluding hydrogens is 362 g/mol. The maximum absolute atomic E-state index is 10.9. The van der Waals surface area contributed by atoms with E-state index in [0.29, 0.717) is 17.9 Å². The van der Waals surface area contributed by atoms with E-state index >= 15 is 0 Å². The van der Waals surface area contributed by atoms with Crippen LogP contribution in [0.1, 0.15) is 31.2 Å². The van der Waals surface area contributed by atoms with Crippen molar-refractivity contribution >= 4 is 17.4 Å². The first-order valence-corrected chi connectivity index (χ1v) is 9.34. The van der Waals surface area contributed by atoms with Gasteiger partial charge in [-0.05, 0) is 49.6 Å². The van der Waals surface area contributed by atoms with Crippen molar-refractivity contribution in [3.8, 4) is 23.3 Å². The summed E-state index contributed by atoms with van der Waals surface area (Å²) in [5, 5.41) is 22.2. The number of furan rings is 1. The van der Waals surface area contributed by atoms with E-state index in [1.165, 1.54) is 0 Å². The minimum atomic E-state index is -1.02. The van der Waals surface area contributed by atoms with Crippen LogP contribution >= 0.6 is 11.6 Å². The van der Waals surface area contributed by atoms with Crippen molar-refractivity contribution in [3.63, 3.8) is 0 Å². The second kappa shape index (κ2) is 7.51. The third-order valence-electron chi connectivity index (χ3n) is 4.71. The summed E-state index contributed by atoms with van der Waals surface area (Å²) >= 11 is 6.00. The summed E-state index contributed by atoms with van der Waals surface area (Å²) in [5.74, 6) is 7.58. The van der Waals surface area contributed by atoms with Gasteiger partial charge in [-0.1, -0.05) is 29.5 Å². The molecule has 1 fully saturated rings. The van der Waals surface area contributed by atoms with Gasteiger partial charge >= 0.3 is 0 Å². The van der Waals surface area contributed by atoms with Gasteiger partial charge in [-0.25, -0.2) is 0 Å². The zero-order valence-corrected chi connectivity index (χ0v) is 15.5. The number of benzene rings is 1. The number of aliphatic hydroxyl groups is 1. The van der Waals surface area contributed by atoms with E-state index in [2.05, 4.69) is 27.4 Å². The number of aromatic amines is 1. The lowest BCUT2D eigenvalue weighted by atomic mass is 9.82. The predicted octanol–water partition coefficient (Wildman–Crippen LogP) is 4.46. The first kappa shape index (κ1) is 17.7. The molecule has 0 unspecified atom stereocenters. The maximum atomic E-state index is 10.9. The first-order chi connectivity index (χ1) is 13.1. The molecule has 0 bridgehead atoms. The van der Waals surface area contributed by atoms with Gasteiger partial charge in [0.15, 0.2) is 5.76 Å². The molecule has 2 aromatic heterocycles. The molecule has 1 aliphatic rings. The van der Waals surface area contributed by atoms with Crippen molar-refractivity contribution in [3.05, 3.63) is 59.3 Å². The Balaban J connectivity index is 1.43. The smallest absolute Gasteiger partial charge is 0.151 e. The standard InChI is InChI=1S/C21H20ClN3O2/c22-16-5-1-4-15(12-16)8-10-21(26)9-2-6-17(14-21)23-20-13-18(24-25-20)19-7-3-11-27-19/h1,3-5,7,11-13,17,26H,2,6,9,14H2,(H2,23,24,25)/t17-,21+/m1/s1. The second-order valence-electron chi connectivity index (χ2n) is 6.87. The van der Waals surface area contributed by atoms with E-state index in [1.54, 1.807) is 12.3 Å². The Kier molecular flexibility index (Phi) is 4.93. The van der Waals surface area contributed by atoms with Gasteiger partial charge in [0.05, 0.1) is 6.26 Å². The molecule has 1 saturated carbocycles. The molecule has 5 nitrogen and oxygen atoms in total. The third kappa shape index (κ3) is 4.36. The molecule has 3 aromatic rings. The van der Waals surface area contributed by atoms with Crippen LogP contribution in [-0.4, -0.2) is 26.9 Å². The number of H-pyrrole nitrogens is 1. The maximum Gasteiger partial charge on any atom is 0.151 e. The normalized spacial score (nSPS) is 22.1. The quantitative estimate of drug-likeness (QED) is 0.585. The van der Waals surface area contributed by atoms with Gasteiger partial charge in [0.2, 0.25) is 0 Å². The van der Waals surface area contributed by atoms with Gasteiger partial charge in [-0.3, -0.25) is 5.10 Å². The van der Waals surface area contributed by atoms with Crippen molar-refractivity contribution in [1.29, 1.82) is 0 Å². The molecule has 1 aromatic carbocycles. The van der Waals surface area contributed by atoms with Crippen LogP contribution in [0.15, 0.2) is 53.1 Å². The molecule has 27 heavy (non-hydrogen) atoms. The molecular formula is C21H20ClN3O2. The van der Waals surface area contributed by atoms with E-state index < -0.39 is 5.60 Å². The Labute approximate surface area is 162 Å². The molecule has 0 radical (unpaired) electrons. The minimum Gasteiger partial charge on any atom is -0.463 e. The van der Waals surface area contributed by atoms with E-state index in [4.69, 9.17) is 16.0 Å². The highest BCUT2D eigenvalue weighted by Gasteiger charge is 2.33. The molecule has 1 aliphatic carbocycles. The largest absolute Gasteiger partial charge is 0.463 e. The van der Waals surface area contributed by atoms with E-state index in [1.807, 2.05) is 36.4 Å². The first-order valence-electron chi connectivity index (χ1n) is 8.97. The second-order valence-corrected chi connectivity index (χ2v) is 7.31. The van der Waals surface area contributed by atoms with E-state index in [0.717, 1.165) is 35.7 Å². The van der Waals surface area contributed by atoms with E-state index in [-0.39, 0.29) is 6.04 Å². The minimum absolute atomic E-state index is 0.102. The lowest BCUT2D eigenvalue weighted by Gasteiger charge is -2.33. The highest BCUT2D eigenvalue weighted by molar-refractivity contribution is 6.30. The van der Waals surface area contributed by atoms with Crippen molar-refractivity contribution in [2.75, 3.05) is 5.32 Å². The number of hydrogen-bond donors (Lipinski definition) is 3. The van der Waals surface area contributed by atoms with Crippen LogP contribution in [0.2, 0.25) is 5.02 Å². The summed E-state index contributed by atoms with van der Waals surface area (Å²) in [5.41, 5.74) is 0.606. The summed E-state index contributed by atoms with van der Waals surface area (Å²) in [6, 6.07) is 13.1. The number of nitrogens with one attached hydrogen (secondary N) is 2. The molecule has 2 heterocycles. The molecule has 6 heteroatoms. The zero-order valence-electron chi connectivity index (χ0n) is 14.7. The fraction of sp³-hybridized carbons (Fsp3) is 0.286. The van der Waals surface area contributed by atoms with Crippen LogP contribution in [0.25, 0.3) is 11.5 Å². The fourth-order valence-electron chi connectivity index (χ4n) is 3.41. The summed E-state index contributed by atoms with van der Waals surface area (Å²) < 4.78 is 5.37. The van der Waals surface area contributed by atoms with Gasteiger partial charge in [0.25, 0.3) is 0 Å².